The van der Waals surface area contributed by atoms with Crippen LogP contribution in [0.5, 0.6) is 0 Å². The average Bonchev–Trinajstić information content (AvgIpc) is 3.57. The highest BCUT2D eigenvalue weighted by Gasteiger charge is 2.17. The lowest BCUT2D eigenvalue weighted by atomic mass is 10.0. The number of nitrogens with one attached hydrogen (secondary N) is 1. The van der Waals surface area contributed by atoms with Gasteiger partial charge in [0.15, 0.2) is 5.82 Å². The summed E-state index contributed by atoms with van der Waals surface area (Å²) in [6.07, 6.45) is 8.54. The van der Waals surface area contributed by atoms with Crippen molar-refractivity contribution < 1.29 is 0 Å². The summed E-state index contributed by atoms with van der Waals surface area (Å²) in [4.78, 5) is 18.0. The summed E-state index contributed by atoms with van der Waals surface area (Å²) < 4.78 is 3.74. The topological polar surface area (TPSA) is 94.3 Å². The van der Waals surface area contributed by atoms with Gasteiger partial charge in [0, 0.05) is 35.4 Å². The number of H-pyrrole nitrogens is 1. The SMILES string of the molecule is CCCCc1cn(-c2ccccc2C(C)C)c(=O)n1Cc1ccc(-c2cnccc2-c2nnn[nH]2)cc1. The molecule has 0 saturated heterocycles. The number of benzene rings is 2. The van der Waals surface area contributed by atoms with Gasteiger partial charge in [0.25, 0.3) is 0 Å². The third-order valence-corrected chi connectivity index (χ3v) is 6.69. The van der Waals surface area contributed by atoms with E-state index in [1.54, 1.807) is 6.20 Å². The van der Waals surface area contributed by atoms with Crippen molar-refractivity contribution in [1.82, 2.24) is 34.7 Å². The van der Waals surface area contributed by atoms with Crippen LogP contribution < -0.4 is 5.69 Å². The van der Waals surface area contributed by atoms with Gasteiger partial charge in [-0.05, 0) is 58.0 Å². The largest absolute Gasteiger partial charge is 0.333 e. The normalized spacial score (nSPS) is 11.4. The molecule has 0 aliphatic heterocycles. The van der Waals surface area contributed by atoms with Gasteiger partial charge in [-0.25, -0.2) is 9.89 Å². The van der Waals surface area contributed by atoms with Gasteiger partial charge >= 0.3 is 5.69 Å². The first-order valence-electron chi connectivity index (χ1n) is 12.7. The van der Waals surface area contributed by atoms with Crippen LogP contribution in [0.25, 0.3) is 28.2 Å². The number of hydrogen-bond donors (Lipinski definition) is 1. The van der Waals surface area contributed by atoms with E-state index in [1.807, 2.05) is 45.8 Å². The van der Waals surface area contributed by atoms with Crippen LogP contribution in [0.1, 0.15) is 56.4 Å². The molecule has 0 aliphatic carbocycles. The van der Waals surface area contributed by atoms with Gasteiger partial charge in [-0.1, -0.05) is 69.7 Å². The third kappa shape index (κ3) is 5.00. The molecule has 1 N–H and O–H groups in total. The van der Waals surface area contributed by atoms with E-state index in [1.165, 1.54) is 5.56 Å². The molecule has 0 saturated carbocycles. The van der Waals surface area contributed by atoms with E-state index in [-0.39, 0.29) is 5.69 Å². The van der Waals surface area contributed by atoms with Crippen molar-refractivity contribution in [3.8, 4) is 28.2 Å². The molecule has 0 radical (unpaired) electrons. The Kier molecular flexibility index (Phi) is 7.07. The fourth-order valence-electron chi connectivity index (χ4n) is 4.70. The summed E-state index contributed by atoms with van der Waals surface area (Å²) in [7, 11) is 0. The average molecular weight is 494 g/mol. The van der Waals surface area contributed by atoms with Gasteiger partial charge in [0.1, 0.15) is 0 Å². The second kappa shape index (κ2) is 10.7. The first kappa shape index (κ1) is 24.4. The van der Waals surface area contributed by atoms with Crippen molar-refractivity contribution in [3.63, 3.8) is 0 Å². The molecule has 188 valence electrons. The lowest BCUT2D eigenvalue weighted by molar-refractivity contribution is 0.673. The Morgan fingerprint density at radius 2 is 1.81 bits per heavy atom. The number of aryl methyl sites for hydroxylation is 1. The van der Waals surface area contributed by atoms with Gasteiger partial charge in [-0.15, -0.1) is 5.10 Å². The lowest BCUT2D eigenvalue weighted by Gasteiger charge is -2.12. The van der Waals surface area contributed by atoms with Gasteiger partial charge in [0.2, 0.25) is 0 Å². The van der Waals surface area contributed by atoms with Crippen LogP contribution in [-0.2, 0) is 13.0 Å². The summed E-state index contributed by atoms with van der Waals surface area (Å²) in [5.41, 5.74) is 7.06. The number of hydrogen-bond acceptors (Lipinski definition) is 5. The van der Waals surface area contributed by atoms with Crippen molar-refractivity contribution in [2.24, 2.45) is 0 Å². The van der Waals surface area contributed by atoms with Crippen molar-refractivity contribution in [3.05, 3.63) is 100 Å². The molecule has 5 aromatic rings. The van der Waals surface area contributed by atoms with Crippen LogP contribution in [0, 0.1) is 0 Å². The molecule has 0 amide bonds. The van der Waals surface area contributed by atoms with Crippen LogP contribution in [0.3, 0.4) is 0 Å². The first-order valence-corrected chi connectivity index (χ1v) is 12.7. The molecule has 8 heteroatoms. The molecule has 0 atom stereocenters. The minimum Gasteiger partial charge on any atom is -0.292 e. The number of nitrogens with zero attached hydrogens (tertiary/aromatic N) is 6. The molecular weight excluding hydrogens is 462 g/mol. The van der Waals surface area contributed by atoms with Crippen LogP contribution in [0.4, 0.5) is 0 Å². The summed E-state index contributed by atoms with van der Waals surface area (Å²) in [6.45, 7) is 7.01. The van der Waals surface area contributed by atoms with E-state index < -0.39 is 0 Å². The quantitative estimate of drug-likeness (QED) is 0.297. The van der Waals surface area contributed by atoms with Crippen LogP contribution in [0.15, 0.2) is 78.0 Å². The second-order valence-electron chi connectivity index (χ2n) is 9.54. The number of aromatic amines is 1. The Morgan fingerprint density at radius 3 is 2.54 bits per heavy atom. The molecule has 3 aromatic heterocycles. The molecule has 2 aromatic carbocycles. The number of tetrazole rings is 1. The number of imidazole rings is 1. The maximum Gasteiger partial charge on any atom is 0.333 e. The zero-order valence-corrected chi connectivity index (χ0v) is 21.4. The van der Waals surface area contributed by atoms with Crippen molar-refractivity contribution in [2.75, 3.05) is 0 Å². The number of pyridine rings is 1. The molecule has 37 heavy (non-hydrogen) atoms. The maximum absolute atomic E-state index is 13.7. The van der Waals surface area contributed by atoms with Crippen molar-refractivity contribution in [1.29, 1.82) is 0 Å². The monoisotopic (exact) mass is 493 g/mol. The number of para-hydroxylation sites is 1. The van der Waals surface area contributed by atoms with Crippen molar-refractivity contribution in [2.45, 2.75) is 52.5 Å². The summed E-state index contributed by atoms with van der Waals surface area (Å²) >= 11 is 0. The standard InChI is InChI=1S/C29H31N7O/c1-4-5-8-23-19-36(27-10-7-6-9-24(27)20(2)3)29(37)35(23)18-21-11-13-22(14-12-21)26-17-30-16-15-25(26)28-31-33-34-32-28/h6-7,9-17,19-20H,4-5,8,18H2,1-3H3,(H,31,32,33,34). The smallest absolute Gasteiger partial charge is 0.292 e. The van der Waals surface area contributed by atoms with Crippen LogP contribution in [-0.4, -0.2) is 34.7 Å². The Morgan fingerprint density at radius 1 is 1.00 bits per heavy atom. The van der Waals surface area contributed by atoms with Gasteiger partial charge in [0.05, 0.1) is 12.2 Å². The van der Waals surface area contributed by atoms with Crippen molar-refractivity contribution >= 4 is 0 Å². The number of rotatable bonds is 9. The minimum absolute atomic E-state index is 0.00403. The van der Waals surface area contributed by atoms with Gasteiger partial charge in [-0.3, -0.25) is 14.1 Å². The highest BCUT2D eigenvalue weighted by molar-refractivity contribution is 5.79. The van der Waals surface area contributed by atoms with E-state index in [0.29, 0.717) is 18.3 Å². The Balaban J connectivity index is 1.49. The Hall–Kier alpha value is -4.33. The Labute approximate surface area is 216 Å². The van der Waals surface area contributed by atoms with Crippen LogP contribution in [0.2, 0.25) is 0 Å². The van der Waals surface area contributed by atoms with E-state index >= 15 is 0 Å². The predicted octanol–water partition coefficient (Wildman–Crippen LogP) is 5.40. The van der Waals surface area contributed by atoms with Gasteiger partial charge < -0.3 is 0 Å². The second-order valence-corrected chi connectivity index (χ2v) is 9.54. The number of aromatic nitrogens is 7. The third-order valence-electron chi connectivity index (χ3n) is 6.69. The zero-order chi connectivity index (χ0) is 25.8. The molecule has 0 bridgehead atoms. The molecule has 0 aliphatic rings. The summed E-state index contributed by atoms with van der Waals surface area (Å²) in [6, 6.07) is 18.3. The predicted molar refractivity (Wildman–Crippen MR) is 145 cm³/mol. The minimum atomic E-state index is -0.00403. The fourth-order valence-corrected chi connectivity index (χ4v) is 4.70. The zero-order valence-electron chi connectivity index (χ0n) is 21.4. The molecule has 0 unspecified atom stereocenters. The number of unbranched alkanes of at least 4 members (excludes halogenated alkanes) is 1. The highest BCUT2D eigenvalue weighted by atomic mass is 16.1. The first-order chi connectivity index (χ1) is 18.1. The lowest BCUT2D eigenvalue weighted by Crippen LogP contribution is -2.25. The Bertz CT molecular complexity index is 1530. The van der Waals surface area contributed by atoms with Crippen LogP contribution >= 0.6 is 0 Å². The van der Waals surface area contributed by atoms with E-state index in [9.17, 15) is 4.79 Å². The molecule has 3 heterocycles. The van der Waals surface area contributed by atoms with E-state index in [0.717, 1.165) is 52.9 Å². The highest BCUT2D eigenvalue weighted by Crippen LogP contribution is 2.29. The molecule has 5 rings (SSSR count). The maximum atomic E-state index is 13.7. The van der Waals surface area contributed by atoms with E-state index in [4.69, 9.17) is 0 Å². The molecule has 0 spiro atoms. The summed E-state index contributed by atoms with van der Waals surface area (Å²) in [5.74, 6) is 0.916. The summed E-state index contributed by atoms with van der Waals surface area (Å²) in [5, 5.41) is 14.3. The molecule has 0 fully saturated rings. The molecule has 8 nitrogen and oxygen atoms in total. The molecular formula is C29H31N7O. The fraction of sp³-hybridized carbons (Fsp3) is 0.276. The van der Waals surface area contributed by atoms with E-state index in [2.05, 4.69) is 76.7 Å². The van der Waals surface area contributed by atoms with Gasteiger partial charge in [-0.2, -0.15) is 0 Å².